The molecule has 2 saturated carbocycles. The second-order valence-corrected chi connectivity index (χ2v) is 6.68. The summed E-state index contributed by atoms with van der Waals surface area (Å²) in [5.41, 5.74) is 6.36. The first-order valence-electron chi connectivity index (χ1n) is 8.06. The molecule has 0 aromatic rings. The maximum absolute atomic E-state index is 6.36. The van der Waals surface area contributed by atoms with Gasteiger partial charge in [-0.05, 0) is 50.4 Å². The zero-order valence-electron chi connectivity index (χ0n) is 12.2. The van der Waals surface area contributed by atoms with Crippen LogP contribution >= 0.6 is 0 Å². The minimum Gasteiger partial charge on any atom is -0.378 e. The molecule has 0 saturated heterocycles. The van der Waals surface area contributed by atoms with Crippen molar-refractivity contribution >= 4 is 0 Å². The fraction of sp³-hybridized carbons (Fsp3) is 1.00. The maximum Gasteiger partial charge on any atom is 0.0590 e. The van der Waals surface area contributed by atoms with Gasteiger partial charge in [0, 0.05) is 12.6 Å². The van der Waals surface area contributed by atoms with Crippen molar-refractivity contribution in [3.05, 3.63) is 0 Å². The van der Waals surface area contributed by atoms with Crippen molar-refractivity contribution in [1.29, 1.82) is 0 Å². The summed E-state index contributed by atoms with van der Waals surface area (Å²) in [5.74, 6) is 2.68. The molecule has 2 heteroatoms. The first-order valence-corrected chi connectivity index (χ1v) is 8.06. The van der Waals surface area contributed by atoms with Crippen LogP contribution in [0, 0.1) is 17.8 Å². The molecule has 3 atom stereocenters. The van der Waals surface area contributed by atoms with Crippen molar-refractivity contribution in [2.75, 3.05) is 6.61 Å². The van der Waals surface area contributed by atoms with E-state index >= 15 is 0 Å². The van der Waals surface area contributed by atoms with Crippen molar-refractivity contribution in [3.8, 4) is 0 Å². The van der Waals surface area contributed by atoms with Crippen LogP contribution in [0.1, 0.15) is 65.2 Å². The summed E-state index contributed by atoms with van der Waals surface area (Å²) in [4.78, 5) is 0. The molecule has 0 heterocycles. The van der Waals surface area contributed by atoms with Gasteiger partial charge in [0.2, 0.25) is 0 Å². The van der Waals surface area contributed by atoms with Gasteiger partial charge < -0.3 is 10.5 Å². The zero-order valence-corrected chi connectivity index (χ0v) is 12.2. The second-order valence-electron chi connectivity index (χ2n) is 6.68. The van der Waals surface area contributed by atoms with Crippen LogP contribution in [0.3, 0.4) is 0 Å². The van der Waals surface area contributed by atoms with Crippen molar-refractivity contribution in [3.63, 3.8) is 0 Å². The Morgan fingerprint density at radius 1 is 1.06 bits per heavy atom. The first-order chi connectivity index (χ1) is 8.69. The Hall–Kier alpha value is -0.0800. The van der Waals surface area contributed by atoms with Crippen LogP contribution in [0.15, 0.2) is 0 Å². The van der Waals surface area contributed by atoms with E-state index in [1.54, 1.807) is 0 Å². The number of hydrogen-bond acceptors (Lipinski definition) is 2. The van der Waals surface area contributed by atoms with Crippen LogP contribution in [0.5, 0.6) is 0 Å². The molecule has 3 unspecified atom stereocenters. The van der Waals surface area contributed by atoms with Gasteiger partial charge >= 0.3 is 0 Å². The lowest BCUT2D eigenvalue weighted by Gasteiger charge is -2.37. The summed E-state index contributed by atoms with van der Waals surface area (Å²) < 4.78 is 5.73. The second kappa shape index (κ2) is 6.91. The quantitative estimate of drug-likeness (QED) is 0.828. The Labute approximate surface area is 113 Å². The number of rotatable bonds is 4. The predicted molar refractivity (Wildman–Crippen MR) is 76.5 cm³/mol. The topological polar surface area (TPSA) is 35.2 Å². The molecule has 0 amide bonds. The number of hydrogen-bond donors (Lipinski definition) is 1. The third-order valence-corrected chi connectivity index (χ3v) is 5.17. The summed E-state index contributed by atoms with van der Waals surface area (Å²) in [6.07, 6.45) is 11.2. The predicted octanol–water partition coefficient (Wildman–Crippen LogP) is 3.74. The van der Waals surface area contributed by atoms with Crippen molar-refractivity contribution in [2.24, 2.45) is 23.5 Å². The van der Waals surface area contributed by atoms with Crippen LogP contribution in [-0.2, 0) is 4.74 Å². The summed E-state index contributed by atoms with van der Waals surface area (Å²) in [5, 5.41) is 0. The van der Waals surface area contributed by atoms with Crippen molar-refractivity contribution in [1.82, 2.24) is 0 Å². The molecule has 2 fully saturated rings. The van der Waals surface area contributed by atoms with E-state index in [0.717, 1.165) is 30.8 Å². The average Bonchev–Trinajstić information content (AvgIpc) is 2.36. The molecule has 0 bridgehead atoms. The van der Waals surface area contributed by atoms with Gasteiger partial charge in [-0.3, -0.25) is 0 Å². The number of ether oxygens (including phenoxy) is 1. The standard InChI is InChI=1S/C16H31NO/c1-3-18-15-9-8-14(16(17)11-15)10-13-6-4-12(2)5-7-13/h12-16H,3-11,17H2,1-2H3. The highest BCUT2D eigenvalue weighted by atomic mass is 16.5. The Morgan fingerprint density at radius 2 is 1.78 bits per heavy atom. The SMILES string of the molecule is CCOC1CCC(CC2CCC(C)CC2)C(N)C1. The summed E-state index contributed by atoms with van der Waals surface area (Å²) in [6.45, 7) is 5.32. The lowest BCUT2D eigenvalue weighted by molar-refractivity contribution is 0.0141. The third-order valence-electron chi connectivity index (χ3n) is 5.17. The molecule has 18 heavy (non-hydrogen) atoms. The Kier molecular flexibility index (Phi) is 5.50. The molecule has 106 valence electrons. The van der Waals surface area contributed by atoms with Gasteiger partial charge in [-0.2, -0.15) is 0 Å². The van der Waals surface area contributed by atoms with E-state index in [0.29, 0.717) is 12.1 Å². The largest absolute Gasteiger partial charge is 0.378 e. The molecule has 2 nitrogen and oxygen atoms in total. The Balaban J connectivity index is 1.73. The Bertz CT molecular complexity index is 235. The van der Waals surface area contributed by atoms with Crippen LogP contribution < -0.4 is 5.73 Å². The molecule has 2 aliphatic carbocycles. The summed E-state index contributed by atoms with van der Waals surface area (Å²) in [7, 11) is 0. The summed E-state index contributed by atoms with van der Waals surface area (Å²) >= 11 is 0. The lowest BCUT2D eigenvalue weighted by Crippen LogP contribution is -2.40. The monoisotopic (exact) mass is 253 g/mol. The molecular weight excluding hydrogens is 222 g/mol. The van der Waals surface area contributed by atoms with Crippen LogP contribution in [0.4, 0.5) is 0 Å². The van der Waals surface area contributed by atoms with Crippen molar-refractivity contribution in [2.45, 2.75) is 77.4 Å². The molecule has 0 aromatic carbocycles. The average molecular weight is 253 g/mol. The molecular formula is C16H31NO. The van der Waals surface area contributed by atoms with Gasteiger partial charge in [0.25, 0.3) is 0 Å². The van der Waals surface area contributed by atoms with Gasteiger partial charge in [0.15, 0.2) is 0 Å². The maximum atomic E-state index is 6.36. The molecule has 2 N–H and O–H groups in total. The molecule has 0 spiro atoms. The highest BCUT2D eigenvalue weighted by molar-refractivity contribution is 4.85. The molecule has 0 aromatic heterocycles. The highest BCUT2D eigenvalue weighted by Crippen LogP contribution is 2.36. The zero-order chi connectivity index (χ0) is 13.0. The van der Waals surface area contributed by atoms with Crippen LogP contribution in [0.25, 0.3) is 0 Å². The van der Waals surface area contributed by atoms with E-state index in [-0.39, 0.29) is 0 Å². The normalized spacial score (nSPS) is 41.8. The lowest BCUT2D eigenvalue weighted by atomic mass is 9.73. The number of nitrogens with two attached hydrogens (primary N) is 1. The van der Waals surface area contributed by atoms with E-state index in [4.69, 9.17) is 10.5 Å². The third kappa shape index (κ3) is 3.96. The van der Waals surface area contributed by atoms with E-state index in [9.17, 15) is 0 Å². The minimum absolute atomic E-state index is 0.384. The van der Waals surface area contributed by atoms with E-state index in [2.05, 4.69) is 13.8 Å². The van der Waals surface area contributed by atoms with Gasteiger partial charge in [-0.1, -0.05) is 32.6 Å². The van der Waals surface area contributed by atoms with Gasteiger partial charge in [-0.25, -0.2) is 0 Å². The van der Waals surface area contributed by atoms with E-state index < -0.39 is 0 Å². The molecule has 0 radical (unpaired) electrons. The minimum atomic E-state index is 0.384. The fourth-order valence-electron chi connectivity index (χ4n) is 3.90. The molecule has 2 aliphatic rings. The highest BCUT2D eigenvalue weighted by Gasteiger charge is 2.31. The molecule has 2 rings (SSSR count). The first kappa shape index (κ1) is 14.3. The molecule has 0 aliphatic heterocycles. The van der Waals surface area contributed by atoms with Crippen LogP contribution in [0.2, 0.25) is 0 Å². The van der Waals surface area contributed by atoms with Crippen molar-refractivity contribution < 1.29 is 4.74 Å². The summed E-state index contributed by atoms with van der Waals surface area (Å²) in [6, 6.07) is 0.384. The fourth-order valence-corrected chi connectivity index (χ4v) is 3.90. The smallest absolute Gasteiger partial charge is 0.0590 e. The Morgan fingerprint density at radius 3 is 2.39 bits per heavy atom. The van der Waals surface area contributed by atoms with Gasteiger partial charge in [-0.15, -0.1) is 0 Å². The van der Waals surface area contributed by atoms with Crippen LogP contribution in [-0.4, -0.2) is 18.8 Å². The van der Waals surface area contributed by atoms with Gasteiger partial charge in [0.1, 0.15) is 0 Å². The van der Waals surface area contributed by atoms with E-state index in [1.807, 2.05) is 0 Å². The van der Waals surface area contributed by atoms with Gasteiger partial charge in [0.05, 0.1) is 6.10 Å². The van der Waals surface area contributed by atoms with E-state index in [1.165, 1.54) is 44.9 Å².